The quantitative estimate of drug-likeness (QED) is 0.253. The van der Waals surface area contributed by atoms with E-state index in [0.29, 0.717) is 0 Å². The van der Waals surface area contributed by atoms with Crippen LogP contribution in [-0.4, -0.2) is 0 Å². The predicted molar refractivity (Wildman–Crippen MR) is 112 cm³/mol. The summed E-state index contributed by atoms with van der Waals surface area (Å²) in [4.78, 5) is 0. The van der Waals surface area contributed by atoms with Crippen LogP contribution in [0.15, 0.2) is 103 Å². The molecule has 0 heterocycles. The average Bonchev–Trinajstić information content (AvgIpc) is 3.34. The molecule has 0 bridgehead atoms. The zero-order valence-electron chi connectivity index (χ0n) is 15.1. The van der Waals surface area contributed by atoms with Gasteiger partial charge in [0.15, 0.2) is 0 Å². The summed E-state index contributed by atoms with van der Waals surface area (Å²) in [6, 6.07) is 36.3. The van der Waals surface area contributed by atoms with Gasteiger partial charge in [0.25, 0.3) is 0 Å². The topological polar surface area (TPSA) is 0 Å². The van der Waals surface area contributed by atoms with Crippen molar-refractivity contribution < 1.29 is 17.1 Å². The summed E-state index contributed by atoms with van der Waals surface area (Å²) in [5.41, 5.74) is 2.82. The normalized spacial score (nSPS) is 9.96. The standard InChI is InChI=1S/C19H18P.C5H5.Fe/c1-15-13-14-19(16(15)2)20(17-9-5-3-6-10-17)18-11-7-4-8-12-18;1-2-4-5-3-1;/h3-14H,1-2H3;1-5H;/q-1;-5;. The molecule has 4 rings (SSSR count). The van der Waals surface area contributed by atoms with Gasteiger partial charge < -0.3 is 30.3 Å². The molecule has 2 heteroatoms. The van der Waals surface area contributed by atoms with E-state index in [1.165, 1.54) is 27.0 Å². The fourth-order valence-corrected chi connectivity index (χ4v) is 5.33. The number of hydrogen-bond donors (Lipinski definition) is 0. The maximum Gasteiger partial charge on any atom is 0 e. The molecular formula is C24H23FeP-6. The fraction of sp³-hybridized carbons (Fsp3) is 0.0833. The van der Waals surface area contributed by atoms with Gasteiger partial charge in [-0.25, -0.2) is 6.07 Å². The van der Waals surface area contributed by atoms with Crippen molar-refractivity contribution in [2.24, 2.45) is 0 Å². The molecule has 0 radical (unpaired) electrons. The molecule has 0 amide bonds. The predicted octanol–water partition coefficient (Wildman–Crippen LogP) is 5.18. The molecule has 0 saturated carbocycles. The van der Waals surface area contributed by atoms with Gasteiger partial charge in [-0.15, -0.1) is 0 Å². The Labute approximate surface area is 168 Å². The minimum atomic E-state index is -0.446. The van der Waals surface area contributed by atoms with Crippen LogP contribution in [0, 0.1) is 13.8 Å². The third-order valence-corrected chi connectivity index (χ3v) is 6.89. The van der Waals surface area contributed by atoms with E-state index in [1.807, 2.05) is 30.3 Å². The fourth-order valence-electron chi connectivity index (χ4n) is 2.80. The summed E-state index contributed by atoms with van der Waals surface area (Å²) in [6.07, 6.45) is 0. The summed E-state index contributed by atoms with van der Waals surface area (Å²) in [5, 5.41) is 4.32. The van der Waals surface area contributed by atoms with Crippen LogP contribution in [0.3, 0.4) is 0 Å². The van der Waals surface area contributed by atoms with E-state index in [2.05, 4.69) is 86.6 Å². The molecule has 26 heavy (non-hydrogen) atoms. The second-order valence-corrected chi connectivity index (χ2v) is 8.18. The van der Waals surface area contributed by atoms with Crippen LogP contribution < -0.4 is 15.9 Å². The largest absolute Gasteiger partial charge is 0.748 e. The minimum absolute atomic E-state index is 0. The Balaban J connectivity index is 0.000000351. The SMILES string of the molecule is Cc1c(P(c2ccccc2)c2ccccc2)cc[c-]1C.[Fe].[cH-]1[cH-][cH-][cH-][cH-]1. The van der Waals surface area contributed by atoms with Crippen LogP contribution in [0.4, 0.5) is 0 Å². The van der Waals surface area contributed by atoms with Crippen molar-refractivity contribution in [1.82, 2.24) is 0 Å². The first-order chi connectivity index (χ1) is 12.3. The zero-order chi connectivity index (χ0) is 17.5. The second-order valence-electron chi connectivity index (χ2n) is 6.00. The van der Waals surface area contributed by atoms with Gasteiger partial charge in [0, 0.05) is 17.1 Å². The molecule has 0 unspecified atom stereocenters. The van der Waals surface area contributed by atoms with Crippen LogP contribution in [0.5, 0.6) is 0 Å². The molecule has 4 aromatic rings. The number of benzene rings is 2. The molecule has 0 fully saturated rings. The van der Waals surface area contributed by atoms with E-state index < -0.39 is 7.92 Å². The molecule has 0 aliphatic carbocycles. The summed E-state index contributed by atoms with van der Waals surface area (Å²) >= 11 is 0. The molecule has 0 saturated heterocycles. The van der Waals surface area contributed by atoms with Crippen molar-refractivity contribution in [2.75, 3.05) is 0 Å². The summed E-state index contributed by atoms with van der Waals surface area (Å²) in [7, 11) is -0.446. The Kier molecular flexibility index (Phi) is 8.07. The van der Waals surface area contributed by atoms with Gasteiger partial charge in [0.05, 0.1) is 0 Å². The Morgan fingerprint density at radius 3 is 1.46 bits per heavy atom. The van der Waals surface area contributed by atoms with Crippen LogP contribution in [0.25, 0.3) is 0 Å². The van der Waals surface area contributed by atoms with Gasteiger partial charge in [-0.1, -0.05) is 82.4 Å². The van der Waals surface area contributed by atoms with Crippen LogP contribution in [0.2, 0.25) is 0 Å². The zero-order valence-corrected chi connectivity index (χ0v) is 17.1. The summed E-state index contributed by atoms with van der Waals surface area (Å²) in [5.74, 6) is 0. The molecular weight excluding hydrogens is 375 g/mol. The van der Waals surface area contributed by atoms with Gasteiger partial charge >= 0.3 is 0 Å². The van der Waals surface area contributed by atoms with E-state index in [1.54, 1.807) is 0 Å². The number of rotatable bonds is 3. The molecule has 0 aromatic heterocycles. The summed E-state index contributed by atoms with van der Waals surface area (Å²) < 4.78 is 0. The molecule has 0 N–H and O–H groups in total. The Hall–Kier alpha value is -1.91. The number of hydrogen-bond acceptors (Lipinski definition) is 0. The molecule has 138 valence electrons. The molecule has 0 spiro atoms. The van der Waals surface area contributed by atoms with Gasteiger partial charge in [0.2, 0.25) is 0 Å². The van der Waals surface area contributed by atoms with E-state index >= 15 is 0 Å². The van der Waals surface area contributed by atoms with Crippen molar-refractivity contribution in [2.45, 2.75) is 13.8 Å². The number of aryl methyl sites for hydroxylation is 1. The first-order valence-corrected chi connectivity index (χ1v) is 9.91. The Morgan fingerprint density at radius 2 is 1.12 bits per heavy atom. The van der Waals surface area contributed by atoms with Gasteiger partial charge in [-0.2, -0.15) is 22.5 Å². The van der Waals surface area contributed by atoms with Crippen LogP contribution >= 0.6 is 7.92 Å². The third kappa shape index (κ3) is 5.05. The molecule has 0 aliphatic heterocycles. The maximum atomic E-state index is 2.30. The third-order valence-electron chi connectivity index (χ3n) is 4.29. The van der Waals surface area contributed by atoms with Crippen molar-refractivity contribution >= 4 is 23.8 Å². The summed E-state index contributed by atoms with van der Waals surface area (Å²) in [6.45, 7) is 4.44. The molecule has 0 atom stereocenters. The van der Waals surface area contributed by atoms with Crippen molar-refractivity contribution in [1.29, 1.82) is 0 Å². The van der Waals surface area contributed by atoms with Crippen molar-refractivity contribution in [3.63, 3.8) is 0 Å². The first-order valence-electron chi connectivity index (χ1n) is 8.57. The smallest absolute Gasteiger partial charge is 0 e. The van der Waals surface area contributed by atoms with Gasteiger partial charge in [-0.05, 0) is 10.6 Å². The minimum Gasteiger partial charge on any atom is -0.748 e. The Morgan fingerprint density at radius 1 is 0.692 bits per heavy atom. The van der Waals surface area contributed by atoms with Crippen molar-refractivity contribution in [3.8, 4) is 0 Å². The van der Waals surface area contributed by atoms with E-state index in [0.717, 1.165) is 0 Å². The molecule has 0 nitrogen and oxygen atoms in total. The van der Waals surface area contributed by atoms with Crippen LogP contribution in [0.1, 0.15) is 11.1 Å². The first kappa shape index (κ1) is 20.4. The van der Waals surface area contributed by atoms with E-state index in [4.69, 9.17) is 0 Å². The Bertz CT molecular complexity index is 805. The second kappa shape index (κ2) is 10.3. The van der Waals surface area contributed by atoms with Gasteiger partial charge in [-0.3, -0.25) is 0 Å². The van der Waals surface area contributed by atoms with Crippen molar-refractivity contribution in [3.05, 3.63) is 114 Å². The van der Waals surface area contributed by atoms with E-state index in [9.17, 15) is 0 Å². The van der Waals surface area contributed by atoms with Gasteiger partial charge in [0.1, 0.15) is 0 Å². The molecule has 0 aliphatic rings. The maximum absolute atomic E-state index is 2.30. The monoisotopic (exact) mass is 398 g/mol. The van der Waals surface area contributed by atoms with Crippen LogP contribution in [-0.2, 0) is 17.1 Å². The average molecular weight is 398 g/mol. The van der Waals surface area contributed by atoms with E-state index in [-0.39, 0.29) is 17.1 Å². The molecule has 4 aromatic carbocycles.